The lowest BCUT2D eigenvalue weighted by Crippen LogP contribution is -2.29. The highest BCUT2D eigenvalue weighted by atomic mass is 35.5. The number of benzene rings is 2. The summed E-state index contributed by atoms with van der Waals surface area (Å²) in [5.41, 5.74) is 0.827. The molecule has 1 amide bonds. The van der Waals surface area contributed by atoms with Crippen molar-refractivity contribution in [1.82, 2.24) is 5.32 Å². The van der Waals surface area contributed by atoms with Crippen LogP contribution in [0.25, 0.3) is 0 Å². The Hall–Kier alpha value is -2.25. The average molecular weight is 366 g/mol. The number of nitrogens with zero attached hydrogens (tertiary/aromatic N) is 1. The molecule has 0 unspecified atom stereocenters. The van der Waals surface area contributed by atoms with Gasteiger partial charge in [0, 0.05) is 24.1 Å². The van der Waals surface area contributed by atoms with E-state index in [9.17, 15) is 14.9 Å². The minimum absolute atomic E-state index is 0.000423. The van der Waals surface area contributed by atoms with Gasteiger partial charge in [-0.15, -0.1) is 11.8 Å². The molecule has 2 N–H and O–H groups in total. The molecule has 0 aliphatic carbocycles. The summed E-state index contributed by atoms with van der Waals surface area (Å²) in [6, 6.07) is 11.6. The molecule has 0 saturated heterocycles. The van der Waals surface area contributed by atoms with Crippen LogP contribution in [-0.4, -0.2) is 30.2 Å². The number of hydrogen-bond acceptors (Lipinski definition) is 5. The predicted molar refractivity (Wildman–Crippen MR) is 97.2 cm³/mol. The Morgan fingerprint density at radius 2 is 2.00 bits per heavy atom. The van der Waals surface area contributed by atoms with Gasteiger partial charge in [-0.25, -0.2) is 0 Å². The Labute approximate surface area is 148 Å². The minimum Gasteiger partial charge on any atom is -0.378 e. The van der Waals surface area contributed by atoms with E-state index in [1.165, 1.54) is 17.8 Å². The largest absolute Gasteiger partial charge is 0.378 e. The second kappa shape index (κ2) is 8.56. The normalized spacial score (nSPS) is 10.2. The summed E-state index contributed by atoms with van der Waals surface area (Å²) in [6.45, 7) is 0.668. The van der Waals surface area contributed by atoms with Crippen LogP contribution in [-0.2, 0) is 0 Å². The van der Waals surface area contributed by atoms with Crippen molar-refractivity contribution in [2.75, 3.05) is 24.7 Å². The topological polar surface area (TPSA) is 84.3 Å². The summed E-state index contributed by atoms with van der Waals surface area (Å²) in [5.74, 6) is -0.278. The molecule has 0 saturated carbocycles. The maximum Gasteiger partial charge on any atom is 0.292 e. The van der Waals surface area contributed by atoms with E-state index in [1.54, 1.807) is 30.3 Å². The third-order valence-corrected chi connectivity index (χ3v) is 4.30. The van der Waals surface area contributed by atoms with E-state index in [1.807, 2.05) is 12.3 Å². The average Bonchev–Trinajstić information content (AvgIpc) is 2.59. The van der Waals surface area contributed by atoms with E-state index in [-0.39, 0.29) is 11.6 Å². The number of para-hydroxylation sites is 2. The van der Waals surface area contributed by atoms with Crippen molar-refractivity contribution in [2.45, 2.75) is 4.90 Å². The Bertz CT molecular complexity index is 755. The Kier molecular flexibility index (Phi) is 6.45. The predicted octanol–water partition coefficient (Wildman–Crippen LogP) is 3.81. The summed E-state index contributed by atoms with van der Waals surface area (Å²) in [7, 11) is 0. The molecule has 0 aliphatic rings. The molecule has 6 nitrogen and oxygen atoms in total. The van der Waals surface area contributed by atoms with Gasteiger partial charge in [0.25, 0.3) is 11.6 Å². The molecule has 0 bridgehead atoms. The zero-order chi connectivity index (χ0) is 17.5. The number of anilines is 1. The van der Waals surface area contributed by atoms with Gasteiger partial charge in [-0.05, 0) is 30.5 Å². The first-order chi connectivity index (χ1) is 11.5. The highest BCUT2D eigenvalue weighted by Gasteiger charge is 2.13. The van der Waals surface area contributed by atoms with Crippen LogP contribution in [0, 0.1) is 10.1 Å². The molecule has 0 aromatic heterocycles. The zero-order valence-electron chi connectivity index (χ0n) is 12.9. The van der Waals surface area contributed by atoms with E-state index in [0.717, 1.165) is 4.90 Å². The third-order valence-electron chi connectivity index (χ3n) is 3.24. The Balaban J connectivity index is 1.91. The van der Waals surface area contributed by atoms with Gasteiger partial charge in [0.1, 0.15) is 5.69 Å². The molecule has 2 aromatic rings. The summed E-state index contributed by atoms with van der Waals surface area (Å²) < 4.78 is 0. The molecule has 2 rings (SSSR count). The van der Waals surface area contributed by atoms with Gasteiger partial charge in [0.15, 0.2) is 0 Å². The van der Waals surface area contributed by atoms with Gasteiger partial charge in [0.2, 0.25) is 0 Å². The Morgan fingerprint density at radius 1 is 1.25 bits per heavy atom. The van der Waals surface area contributed by atoms with Gasteiger partial charge >= 0.3 is 0 Å². The Morgan fingerprint density at radius 3 is 2.71 bits per heavy atom. The summed E-state index contributed by atoms with van der Waals surface area (Å²) in [6.07, 6.45) is 1.92. The van der Waals surface area contributed by atoms with Crippen molar-refractivity contribution in [3.63, 3.8) is 0 Å². The van der Waals surface area contributed by atoms with Crippen LogP contribution < -0.4 is 10.6 Å². The first kappa shape index (κ1) is 18.1. The van der Waals surface area contributed by atoms with Crippen molar-refractivity contribution < 1.29 is 9.72 Å². The molecule has 2 aromatic carbocycles. The zero-order valence-corrected chi connectivity index (χ0v) is 14.5. The fourth-order valence-corrected chi connectivity index (χ4v) is 2.70. The molecule has 0 atom stereocenters. The number of hydrogen-bond donors (Lipinski definition) is 2. The van der Waals surface area contributed by atoms with E-state index in [2.05, 4.69) is 10.6 Å². The van der Waals surface area contributed by atoms with E-state index in [0.29, 0.717) is 29.4 Å². The maximum absolute atomic E-state index is 12.2. The molecule has 24 heavy (non-hydrogen) atoms. The van der Waals surface area contributed by atoms with E-state index >= 15 is 0 Å². The first-order valence-corrected chi connectivity index (χ1v) is 8.72. The van der Waals surface area contributed by atoms with Crippen LogP contribution in [0.2, 0.25) is 5.02 Å². The highest BCUT2D eigenvalue weighted by molar-refractivity contribution is 7.98. The molecule has 0 fully saturated rings. The van der Waals surface area contributed by atoms with Crippen LogP contribution >= 0.6 is 23.4 Å². The quantitative estimate of drug-likeness (QED) is 0.337. The number of carbonyl (C=O) groups excluding carboxylic acids is 1. The maximum atomic E-state index is 12.2. The molecule has 0 radical (unpaired) electrons. The van der Waals surface area contributed by atoms with Crippen LogP contribution in [0.15, 0.2) is 47.4 Å². The van der Waals surface area contributed by atoms with Gasteiger partial charge < -0.3 is 10.6 Å². The monoisotopic (exact) mass is 365 g/mol. The third kappa shape index (κ3) is 4.62. The molecule has 0 spiro atoms. The van der Waals surface area contributed by atoms with E-state index in [4.69, 9.17) is 11.6 Å². The number of amides is 1. The fourth-order valence-electron chi connectivity index (χ4n) is 2.06. The minimum atomic E-state index is -0.450. The van der Waals surface area contributed by atoms with Gasteiger partial charge in [-0.2, -0.15) is 0 Å². The lowest BCUT2D eigenvalue weighted by atomic mass is 10.2. The first-order valence-electron chi connectivity index (χ1n) is 7.12. The number of nitrogens with one attached hydrogen (secondary N) is 2. The van der Waals surface area contributed by atoms with E-state index < -0.39 is 4.92 Å². The summed E-state index contributed by atoms with van der Waals surface area (Å²) in [4.78, 5) is 23.6. The molecule has 0 aliphatic heterocycles. The van der Waals surface area contributed by atoms with Crippen molar-refractivity contribution in [3.8, 4) is 0 Å². The SMILES string of the molecule is CSc1ccc(Cl)c(C(=O)NCCNc2ccccc2[N+](=O)[O-])c1. The second-order valence-electron chi connectivity index (χ2n) is 4.80. The van der Waals surface area contributed by atoms with Crippen LogP contribution in [0.1, 0.15) is 10.4 Å². The number of carbonyl (C=O) groups is 1. The van der Waals surface area contributed by atoms with Gasteiger partial charge in [-0.1, -0.05) is 23.7 Å². The number of thioether (sulfide) groups is 1. The van der Waals surface area contributed by atoms with Crippen molar-refractivity contribution in [1.29, 1.82) is 0 Å². The highest BCUT2D eigenvalue weighted by Crippen LogP contribution is 2.23. The molecule has 8 heteroatoms. The number of halogens is 1. The van der Waals surface area contributed by atoms with Crippen molar-refractivity contribution in [3.05, 3.63) is 63.2 Å². The van der Waals surface area contributed by atoms with Gasteiger partial charge in [-0.3, -0.25) is 14.9 Å². The van der Waals surface area contributed by atoms with Crippen LogP contribution in [0.3, 0.4) is 0 Å². The van der Waals surface area contributed by atoms with Crippen LogP contribution in [0.4, 0.5) is 11.4 Å². The second-order valence-corrected chi connectivity index (χ2v) is 6.09. The number of nitro benzene ring substituents is 1. The fraction of sp³-hybridized carbons (Fsp3) is 0.188. The smallest absolute Gasteiger partial charge is 0.292 e. The standard InChI is InChI=1S/C16H16ClN3O3S/c1-24-11-6-7-13(17)12(10-11)16(21)19-9-8-18-14-4-2-3-5-15(14)20(22)23/h2-7,10,18H,8-9H2,1H3,(H,19,21). The van der Waals surface area contributed by atoms with Crippen molar-refractivity contribution >= 4 is 40.6 Å². The molecule has 126 valence electrons. The van der Waals surface area contributed by atoms with Gasteiger partial charge in [0.05, 0.1) is 15.5 Å². The molecule has 0 heterocycles. The van der Waals surface area contributed by atoms with Crippen molar-refractivity contribution in [2.24, 2.45) is 0 Å². The number of rotatable bonds is 7. The lowest BCUT2D eigenvalue weighted by Gasteiger charge is -2.10. The molecular weight excluding hydrogens is 350 g/mol. The summed E-state index contributed by atoms with van der Waals surface area (Å²) in [5, 5.41) is 17.0. The lowest BCUT2D eigenvalue weighted by molar-refractivity contribution is -0.384. The summed E-state index contributed by atoms with van der Waals surface area (Å²) >= 11 is 7.58. The van der Waals surface area contributed by atoms with Crippen LogP contribution in [0.5, 0.6) is 0 Å². The molecular formula is C16H16ClN3O3S. The number of nitro groups is 1.